The normalized spacial score (nSPS) is 19.6. The lowest BCUT2D eigenvalue weighted by molar-refractivity contribution is -0.154. The highest BCUT2D eigenvalue weighted by Crippen LogP contribution is 2.23. The molecule has 0 saturated heterocycles. The monoisotopic (exact) mass is 251 g/mol. The van der Waals surface area contributed by atoms with Crippen LogP contribution in [-0.2, 0) is 15.1 Å². The van der Waals surface area contributed by atoms with Gasteiger partial charge >= 0.3 is 0 Å². The number of benzene rings is 1. The Labute approximate surface area is 99.1 Å². The van der Waals surface area contributed by atoms with Gasteiger partial charge in [0.15, 0.2) is 0 Å². The molecule has 5 nitrogen and oxygen atoms in total. The summed E-state index contributed by atoms with van der Waals surface area (Å²) in [5.41, 5.74) is 0.528. The van der Waals surface area contributed by atoms with E-state index in [0.29, 0.717) is 10.6 Å². The molecule has 1 aliphatic rings. The highest BCUT2D eigenvalue weighted by atomic mass is 32.2. The van der Waals surface area contributed by atoms with Crippen LogP contribution in [0.15, 0.2) is 42.6 Å². The minimum atomic E-state index is -2.50. The summed E-state index contributed by atoms with van der Waals surface area (Å²) in [4.78, 5) is 11.7. The maximum Gasteiger partial charge on any atom is 0.263 e. The summed E-state index contributed by atoms with van der Waals surface area (Å²) in [5.74, 6) is -1.66. The SMILES string of the molecule is O=C1C(c2ccccc2)C(=S(=O)=O)C=CN1O. The van der Waals surface area contributed by atoms with E-state index in [1.54, 1.807) is 30.3 Å². The molecule has 0 saturated carbocycles. The minimum Gasteiger partial charge on any atom is -0.281 e. The fourth-order valence-electron chi connectivity index (χ4n) is 1.67. The number of nitrogens with zero attached hydrogens (tertiary/aromatic N) is 1. The Bertz CT molecular complexity index is 596. The largest absolute Gasteiger partial charge is 0.281 e. The Balaban J connectivity index is 2.61. The van der Waals surface area contributed by atoms with Crippen LogP contribution in [0.1, 0.15) is 11.5 Å². The molecule has 1 unspecified atom stereocenters. The summed E-state index contributed by atoms with van der Waals surface area (Å²) in [6.45, 7) is 0. The highest BCUT2D eigenvalue weighted by molar-refractivity contribution is 7.73. The maximum atomic E-state index is 11.8. The quantitative estimate of drug-likeness (QED) is 0.585. The Morgan fingerprint density at radius 2 is 1.82 bits per heavy atom. The third-order valence-corrected chi connectivity index (χ3v) is 3.22. The summed E-state index contributed by atoms with van der Waals surface area (Å²) in [6, 6.07) is 8.45. The first-order chi connectivity index (χ1) is 8.11. The van der Waals surface area contributed by atoms with E-state index in [-0.39, 0.29) is 4.86 Å². The van der Waals surface area contributed by atoms with E-state index in [2.05, 4.69) is 0 Å². The van der Waals surface area contributed by atoms with Gasteiger partial charge in [0.1, 0.15) is 5.92 Å². The second kappa shape index (κ2) is 4.52. The number of hydrogen-bond donors (Lipinski definition) is 1. The molecule has 0 bridgehead atoms. The number of hydroxylamine groups is 2. The first-order valence-electron chi connectivity index (χ1n) is 4.82. The van der Waals surface area contributed by atoms with Gasteiger partial charge in [0.2, 0.25) is 10.3 Å². The van der Waals surface area contributed by atoms with Gasteiger partial charge in [0.05, 0.1) is 4.86 Å². The zero-order chi connectivity index (χ0) is 12.4. The van der Waals surface area contributed by atoms with E-state index in [4.69, 9.17) is 0 Å². The molecule has 1 amide bonds. The van der Waals surface area contributed by atoms with Crippen molar-refractivity contribution in [3.63, 3.8) is 0 Å². The number of amides is 1. The molecule has 1 N–H and O–H groups in total. The van der Waals surface area contributed by atoms with E-state index in [1.165, 1.54) is 6.08 Å². The van der Waals surface area contributed by atoms with E-state index < -0.39 is 22.1 Å². The first kappa shape index (κ1) is 11.6. The number of hydrogen-bond acceptors (Lipinski definition) is 4. The standard InChI is InChI=1S/C11H9NO4S/c13-11-10(8-4-2-1-3-5-8)9(17(15)16)6-7-12(11)14/h1-7,10,14H. The average molecular weight is 251 g/mol. The molecule has 1 aromatic rings. The molecule has 1 aliphatic heterocycles. The van der Waals surface area contributed by atoms with E-state index >= 15 is 0 Å². The highest BCUT2D eigenvalue weighted by Gasteiger charge is 2.32. The molecule has 0 aromatic heterocycles. The third kappa shape index (κ3) is 2.13. The molecule has 0 radical (unpaired) electrons. The molecule has 1 heterocycles. The van der Waals surface area contributed by atoms with Gasteiger partial charge in [-0.25, -0.2) is 0 Å². The lowest BCUT2D eigenvalue weighted by Crippen LogP contribution is -2.36. The second-order valence-corrected chi connectivity index (χ2v) is 4.42. The van der Waals surface area contributed by atoms with Crippen molar-refractivity contribution in [1.29, 1.82) is 0 Å². The molecule has 0 aliphatic carbocycles. The van der Waals surface area contributed by atoms with Crippen molar-refractivity contribution < 1.29 is 18.4 Å². The van der Waals surface area contributed by atoms with Crippen LogP contribution in [0.2, 0.25) is 0 Å². The van der Waals surface area contributed by atoms with Crippen LogP contribution >= 0.6 is 0 Å². The summed E-state index contributed by atoms with van der Waals surface area (Å²) in [7, 11) is -2.50. The van der Waals surface area contributed by atoms with Gasteiger partial charge in [-0.15, -0.1) is 0 Å². The van der Waals surface area contributed by atoms with Crippen LogP contribution in [-0.4, -0.2) is 29.5 Å². The fourth-order valence-corrected chi connectivity index (χ4v) is 2.27. The Kier molecular flexibility index (Phi) is 3.08. The number of carbonyl (C=O) groups is 1. The lowest BCUT2D eigenvalue weighted by Gasteiger charge is -2.22. The molecular weight excluding hydrogens is 242 g/mol. The molecule has 6 heteroatoms. The Morgan fingerprint density at radius 1 is 1.18 bits per heavy atom. The summed E-state index contributed by atoms with van der Waals surface area (Å²) >= 11 is 0. The average Bonchev–Trinajstić information content (AvgIpc) is 2.33. The molecule has 0 fully saturated rings. The third-order valence-electron chi connectivity index (χ3n) is 2.46. The van der Waals surface area contributed by atoms with Crippen molar-refractivity contribution >= 4 is 21.1 Å². The maximum absolute atomic E-state index is 11.8. The second-order valence-electron chi connectivity index (χ2n) is 3.48. The minimum absolute atomic E-state index is 0.0495. The van der Waals surface area contributed by atoms with Gasteiger partial charge in [0.25, 0.3) is 5.91 Å². The summed E-state index contributed by atoms with van der Waals surface area (Å²) < 4.78 is 22.1. The van der Waals surface area contributed by atoms with Gasteiger partial charge < -0.3 is 0 Å². The zero-order valence-corrected chi connectivity index (χ0v) is 9.46. The molecular formula is C11H9NO4S. The van der Waals surface area contributed by atoms with Crippen molar-refractivity contribution in [2.24, 2.45) is 0 Å². The van der Waals surface area contributed by atoms with Crippen LogP contribution in [0.4, 0.5) is 0 Å². The number of allylic oxidation sites excluding steroid dienone is 1. The predicted octanol–water partition coefficient (Wildman–Crippen LogP) is 0.567. The molecule has 17 heavy (non-hydrogen) atoms. The molecule has 1 aromatic carbocycles. The van der Waals surface area contributed by atoms with Crippen LogP contribution < -0.4 is 0 Å². The fraction of sp³-hybridized carbons (Fsp3) is 0.0909. The lowest BCUT2D eigenvalue weighted by atomic mass is 9.93. The first-order valence-corrected chi connectivity index (χ1v) is 5.90. The van der Waals surface area contributed by atoms with Crippen LogP contribution in [0, 0.1) is 0 Å². The number of carbonyl (C=O) groups excluding carboxylic acids is 1. The summed E-state index contributed by atoms with van der Waals surface area (Å²) in [5, 5.41) is 9.69. The Morgan fingerprint density at radius 3 is 2.41 bits per heavy atom. The topological polar surface area (TPSA) is 74.7 Å². The van der Waals surface area contributed by atoms with E-state index in [9.17, 15) is 18.4 Å². The molecule has 2 rings (SSSR count). The van der Waals surface area contributed by atoms with Crippen LogP contribution in [0.5, 0.6) is 0 Å². The van der Waals surface area contributed by atoms with E-state index in [1.807, 2.05) is 0 Å². The summed E-state index contributed by atoms with van der Waals surface area (Å²) in [6.07, 6.45) is 2.23. The van der Waals surface area contributed by atoms with Gasteiger partial charge in [0, 0.05) is 6.20 Å². The van der Waals surface area contributed by atoms with Gasteiger partial charge in [-0.05, 0) is 11.6 Å². The van der Waals surface area contributed by atoms with Gasteiger partial charge in [-0.3, -0.25) is 10.0 Å². The van der Waals surface area contributed by atoms with E-state index in [0.717, 1.165) is 6.20 Å². The van der Waals surface area contributed by atoms with Crippen molar-refractivity contribution in [1.82, 2.24) is 5.06 Å². The van der Waals surface area contributed by atoms with Crippen molar-refractivity contribution in [2.75, 3.05) is 0 Å². The molecule has 88 valence electrons. The van der Waals surface area contributed by atoms with Crippen molar-refractivity contribution in [2.45, 2.75) is 5.92 Å². The zero-order valence-electron chi connectivity index (χ0n) is 8.65. The molecule has 0 spiro atoms. The van der Waals surface area contributed by atoms with Crippen LogP contribution in [0.25, 0.3) is 0 Å². The van der Waals surface area contributed by atoms with Gasteiger partial charge in [-0.1, -0.05) is 30.3 Å². The van der Waals surface area contributed by atoms with Crippen LogP contribution in [0.3, 0.4) is 0 Å². The van der Waals surface area contributed by atoms with Crippen molar-refractivity contribution in [3.8, 4) is 0 Å². The number of rotatable bonds is 1. The smallest absolute Gasteiger partial charge is 0.263 e. The van der Waals surface area contributed by atoms with Gasteiger partial charge in [-0.2, -0.15) is 13.5 Å². The van der Waals surface area contributed by atoms with Crippen molar-refractivity contribution in [3.05, 3.63) is 48.2 Å². The molecule has 1 atom stereocenters. The predicted molar refractivity (Wildman–Crippen MR) is 60.9 cm³/mol. The Hall–Kier alpha value is -1.92.